The highest BCUT2D eigenvalue weighted by Gasteiger charge is 2.20. The van der Waals surface area contributed by atoms with E-state index in [0.29, 0.717) is 0 Å². The minimum absolute atomic E-state index is 0.947. The van der Waals surface area contributed by atoms with Crippen LogP contribution in [-0.4, -0.2) is 75.7 Å². The molecule has 1 aromatic heterocycles. The molecule has 1 aromatic rings. The normalized spacial score (nSPS) is 16.7. The Morgan fingerprint density at radius 1 is 1.38 bits per heavy atom. The number of nitrogens with zero attached hydrogens (tertiary/aromatic N) is 4. The molecule has 0 amide bonds. The number of anilines is 1. The SMILES string of the molecule is CCN(C)CCNC(=NC)N1CCN(c2cccs2)CC1. The van der Waals surface area contributed by atoms with Gasteiger partial charge in [-0.25, -0.2) is 0 Å². The second kappa shape index (κ2) is 8.24. The summed E-state index contributed by atoms with van der Waals surface area (Å²) in [5.41, 5.74) is 0. The molecule has 118 valence electrons. The van der Waals surface area contributed by atoms with Gasteiger partial charge >= 0.3 is 0 Å². The van der Waals surface area contributed by atoms with Crippen molar-refractivity contribution in [3.63, 3.8) is 0 Å². The highest BCUT2D eigenvalue weighted by atomic mass is 32.1. The van der Waals surface area contributed by atoms with Crippen LogP contribution in [0.5, 0.6) is 0 Å². The molecule has 0 unspecified atom stereocenters. The zero-order chi connectivity index (χ0) is 15.1. The van der Waals surface area contributed by atoms with E-state index >= 15 is 0 Å². The van der Waals surface area contributed by atoms with Crippen molar-refractivity contribution in [2.24, 2.45) is 4.99 Å². The highest BCUT2D eigenvalue weighted by Crippen LogP contribution is 2.22. The summed E-state index contributed by atoms with van der Waals surface area (Å²) in [5, 5.41) is 6.99. The van der Waals surface area contributed by atoms with Crippen LogP contribution in [0, 0.1) is 0 Å². The minimum atomic E-state index is 0.947. The maximum Gasteiger partial charge on any atom is 0.193 e. The Morgan fingerprint density at radius 2 is 2.14 bits per heavy atom. The van der Waals surface area contributed by atoms with Crippen molar-refractivity contribution in [2.75, 3.05) is 64.8 Å². The number of hydrogen-bond acceptors (Lipinski definition) is 4. The smallest absolute Gasteiger partial charge is 0.193 e. The van der Waals surface area contributed by atoms with Crippen molar-refractivity contribution < 1.29 is 0 Å². The number of likely N-dealkylation sites (N-methyl/N-ethyl adjacent to an activating group) is 1. The topological polar surface area (TPSA) is 34.1 Å². The first kappa shape index (κ1) is 16.1. The standard InChI is InChI=1S/C15H27N5S/c1-4-18(3)8-7-17-15(16-2)20-11-9-19(10-12-20)14-6-5-13-21-14/h5-6,13H,4,7-12H2,1-3H3,(H,16,17). The second-order valence-electron chi connectivity index (χ2n) is 5.30. The van der Waals surface area contributed by atoms with Crippen LogP contribution in [0.2, 0.25) is 0 Å². The van der Waals surface area contributed by atoms with E-state index in [1.54, 1.807) is 0 Å². The van der Waals surface area contributed by atoms with Crippen molar-refractivity contribution >= 4 is 22.3 Å². The fourth-order valence-electron chi connectivity index (χ4n) is 2.44. The molecule has 21 heavy (non-hydrogen) atoms. The molecular weight excluding hydrogens is 282 g/mol. The maximum atomic E-state index is 4.42. The summed E-state index contributed by atoms with van der Waals surface area (Å²) in [4.78, 5) is 11.5. The highest BCUT2D eigenvalue weighted by molar-refractivity contribution is 7.14. The van der Waals surface area contributed by atoms with Crippen molar-refractivity contribution in [1.29, 1.82) is 0 Å². The van der Waals surface area contributed by atoms with E-state index in [4.69, 9.17) is 0 Å². The Balaban J connectivity index is 1.77. The first-order valence-corrected chi connectivity index (χ1v) is 8.55. The Labute approximate surface area is 132 Å². The summed E-state index contributed by atoms with van der Waals surface area (Å²) in [6, 6.07) is 4.32. The molecule has 2 rings (SSSR count). The number of aliphatic imine (C=N–C) groups is 1. The van der Waals surface area contributed by atoms with Crippen molar-refractivity contribution in [3.8, 4) is 0 Å². The van der Waals surface area contributed by atoms with Crippen LogP contribution in [0.1, 0.15) is 6.92 Å². The van der Waals surface area contributed by atoms with Crippen molar-refractivity contribution in [3.05, 3.63) is 17.5 Å². The van der Waals surface area contributed by atoms with Crippen LogP contribution in [0.15, 0.2) is 22.5 Å². The predicted octanol–water partition coefficient (Wildman–Crippen LogP) is 1.40. The third kappa shape index (κ3) is 4.61. The Hall–Kier alpha value is -1.27. The lowest BCUT2D eigenvalue weighted by molar-refractivity contribution is 0.344. The molecule has 5 nitrogen and oxygen atoms in total. The van der Waals surface area contributed by atoms with E-state index in [1.807, 2.05) is 18.4 Å². The van der Waals surface area contributed by atoms with Gasteiger partial charge < -0.3 is 20.0 Å². The van der Waals surface area contributed by atoms with Gasteiger partial charge in [0, 0.05) is 46.3 Å². The van der Waals surface area contributed by atoms with Gasteiger partial charge in [0.1, 0.15) is 0 Å². The molecule has 6 heteroatoms. The van der Waals surface area contributed by atoms with Crippen LogP contribution in [-0.2, 0) is 0 Å². The molecule has 0 atom stereocenters. The zero-order valence-electron chi connectivity index (χ0n) is 13.4. The van der Waals surface area contributed by atoms with E-state index in [-0.39, 0.29) is 0 Å². The molecule has 1 aliphatic rings. The summed E-state index contributed by atoms with van der Waals surface area (Å²) in [7, 11) is 4.02. The number of thiophene rings is 1. The minimum Gasteiger partial charge on any atom is -0.360 e. The molecule has 1 N–H and O–H groups in total. The van der Waals surface area contributed by atoms with Crippen LogP contribution >= 0.6 is 11.3 Å². The average molecular weight is 309 g/mol. The fraction of sp³-hybridized carbons (Fsp3) is 0.667. The van der Waals surface area contributed by atoms with Crippen LogP contribution in [0.25, 0.3) is 0 Å². The lowest BCUT2D eigenvalue weighted by atomic mass is 10.3. The molecular formula is C15H27N5S. The maximum absolute atomic E-state index is 4.42. The number of guanidine groups is 1. The van der Waals surface area contributed by atoms with E-state index < -0.39 is 0 Å². The molecule has 0 aromatic carbocycles. The molecule has 1 saturated heterocycles. The van der Waals surface area contributed by atoms with Gasteiger partial charge in [0.25, 0.3) is 0 Å². The molecule has 0 aliphatic carbocycles. The largest absolute Gasteiger partial charge is 0.360 e. The monoisotopic (exact) mass is 309 g/mol. The summed E-state index contributed by atoms with van der Waals surface area (Å²) in [6.07, 6.45) is 0. The molecule has 0 spiro atoms. The predicted molar refractivity (Wildman–Crippen MR) is 92.6 cm³/mol. The molecule has 0 saturated carbocycles. The van der Waals surface area contributed by atoms with Crippen molar-refractivity contribution in [1.82, 2.24) is 15.1 Å². The van der Waals surface area contributed by atoms with E-state index in [1.165, 1.54) is 5.00 Å². The van der Waals surface area contributed by atoms with E-state index in [0.717, 1.165) is 51.8 Å². The summed E-state index contributed by atoms with van der Waals surface area (Å²) >= 11 is 1.82. The van der Waals surface area contributed by atoms with Gasteiger partial charge in [-0.05, 0) is 31.1 Å². The van der Waals surface area contributed by atoms with E-state index in [2.05, 4.69) is 56.5 Å². The number of rotatable bonds is 5. The van der Waals surface area contributed by atoms with Crippen molar-refractivity contribution in [2.45, 2.75) is 6.92 Å². The Morgan fingerprint density at radius 3 is 2.71 bits per heavy atom. The van der Waals surface area contributed by atoms with Gasteiger partial charge in [-0.1, -0.05) is 6.92 Å². The van der Waals surface area contributed by atoms with E-state index in [9.17, 15) is 0 Å². The lowest BCUT2D eigenvalue weighted by Crippen LogP contribution is -2.53. The number of nitrogens with one attached hydrogen (secondary N) is 1. The molecule has 0 radical (unpaired) electrons. The molecule has 1 aliphatic heterocycles. The third-order valence-electron chi connectivity index (χ3n) is 3.93. The average Bonchev–Trinajstić information content (AvgIpc) is 3.06. The third-order valence-corrected chi connectivity index (χ3v) is 4.85. The fourth-order valence-corrected chi connectivity index (χ4v) is 3.22. The van der Waals surface area contributed by atoms with Gasteiger partial charge in [0.2, 0.25) is 0 Å². The summed E-state index contributed by atoms with van der Waals surface area (Å²) < 4.78 is 0. The van der Waals surface area contributed by atoms with Gasteiger partial charge in [-0.3, -0.25) is 4.99 Å². The Bertz CT molecular complexity index is 423. The van der Waals surface area contributed by atoms with Gasteiger partial charge in [-0.15, -0.1) is 11.3 Å². The van der Waals surface area contributed by atoms with Crippen LogP contribution in [0.4, 0.5) is 5.00 Å². The lowest BCUT2D eigenvalue weighted by Gasteiger charge is -2.37. The molecule has 1 fully saturated rings. The second-order valence-corrected chi connectivity index (χ2v) is 6.22. The molecule has 0 bridgehead atoms. The summed E-state index contributed by atoms with van der Waals surface area (Å²) in [6.45, 7) is 9.44. The first-order chi connectivity index (χ1) is 10.2. The number of piperazine rings is 1. The first-order valence-electron chi connectivity index (χ1n) is 7.67. The quantitative estimate of drug-likeness (QED) is 0.658. The van der Waals surface area contributed by atoms with Crippen LogP contribution < -0.4 is 10.2 Å². The van der Waals surface area contributed by atoms with Crippen LogP contribution in [0.3, 0.4) is 0 Å². The molecule has 2 heterocycles. The van der Waals surface area contributed by atoms with Gasteiger partial charge in [0.15, 0.2) is 5.96 Å². The van der Waals surface area contributed by atoms with Gasteiger partial charge in [-0.2, -0.15) is 0 Å². The summed E-state index contributed by atoms with van der Waals surface area (Å²) in [5.74, 6) is 1.03. The zero-order valence-corrected chi connectivity index (χ0v) is 14.2. The number of hydrogen-bond donors (Lipinski definition) is 1. The van der Waals surface area contributed by atoms with Gasteiger partial charge in [0.05, 0.1) is 5.00 Å². The Kier molecular flexibility index (Phi) is 6.32.